The van der Waals surface area contributed by atoms with Crippen LogP contribution in [0.25, 0.3) is 0 Å². The number of aryl methyl sites for hydroxylation is 1. The first-order valence-corrected chi connectivity index (χ1v) is 6.76. The predicted molar refractivity (Wildman–Crippen MR) is 73.6 cm³/mol. The fraction of sp³-hybridized carbons (Fsp3) is 0.167. The Morgan fingerprint density at radius 2 is 2.43 bits per heavy atom. The molecule has 2 aromatic rings. The maximum Gasteiger partial charge on any atom is 0.324 e. The predicted octanol–water partition coefficient (Wildman–Crippen LogP) is 1.91. The van der Waals surface area contributed by atoms with Crippen LogP contribution in [-0.2, 0) is 0 Å². The van der Waals surface area contributed by atoms with Crippen LogP contribution in [0.2, 0.25) is 0 Å². The normalized spacial score (nSPS) is 17.0. The smallest absolute Gasteiger partial charge is 0.324 e. The Labute approximate surface area is 122 Å². The molecular formula is C12H9N5O3S. The standard InChI is InChI=1S/C12H9N5O3S/c1-5-9-10(6-2-8(17(18)19)21-4-6)7(3-13)11(14)20-12(9)16-15-5/h2,4,10H,14H2,1H3,(H,15,16). The zero-order valence-corrected chi connectivity index (χ0v) is 11.6. The average Bonchev–Trinajstić information content (AvgIpc) is 3.05. The van der Waals surface area contributed by atoms with Gasteiger partial charge in [-0.15, -0.1) is 5.10 Å². The van der Waals surface area contributed by atoms with Gasteiger partial charge in [-0.2, -0.15) is 5.26 Å². The number of aromatic amines is 1. The molecule has 1 atom stereocenters. The van der Waals surface area contributed by atoms with Gasteiger partial charge >= 0.3 is 5.00 Å². The SMILES string of the molecule is Cc1[nH]nc2c1C(c1csc([N+](=O)[O-])c1)C(C#N)=C(N)O2. The van der Waals surface area contributed by atoms with Crippen LogP contribution in [0.15, 0.2) is 22.9 Å². The molecule has 106 valence electrons. The Balaban J connectivity index is 2.19. The number of nitrogens with one attached hydrogen (secondary N) is 1. The Morgan fingerprint density at radius 1 is 1.67 bits per heavy atom. The Bertz CT molecular complexity index is 813. The molecule has 0 aromatic carbocycles. The molecule has 1 unspecified atom stereocenters. The lowest BCUT2D eigenvalue weighted by Gasteiger charge is -2.22. The van der Waals surface area contributed by atoms with Crippen molar-refractivity contribution in [3.63, 3.8) is 0 Å². The van der Waals surface area contributed by atoms with Crippen molar-refractivity contribution >= 4 is 16.3 Å². The molecule has 3 rings (SSSR count). The van der Waals surface area contributed by atoms with Crippen LogP contribution >= 0.6 is 11.3 Å². The van der Waals surface area contributed by atoms with E-state index in [2.05, 4.69) is 10.2 Å². The molecule has 3 heterocycles. The number of H-pyrrole nitrogens is 1. The molecule has 8 nitrogen and oxygen atoms in total. The van der Waals surface area contributed by atoms with Crippen LogP contribution in [-0.4, -0.2) is 15.1 Å². The van der Waals surface area contributed by atoms with E-state index in [1.807, 2.05) is 6.07 Å². The van der Waals surface area contributed by atoms with Crippen LogP contribution in [0.3, 0.4) is 0 Å². The van der Waals surface area contributed by atoms with Gasteiger partial charge in [-0.05, 0) is 12.5 Å². The molecule has 9 heteroatoms. The van der Waals surface area contributed by atoms with Crippen molar-refractivity contribution in [1.29, 1.82) is 5.26 Å². The number of aromatic nitrogens is 2. The number of allylic oxidation sites excluding steroid dienone is 1. The molecule has 2 aromatic heterocycles. The molecule has 1 aliphatic rings. The fourth-order valence-electron chi connectivity index (χ4n) is 2.32. The van der Waals surface area contributed by atoms with Gasteiger partial charge in [0.25, 0.3) is 0 Å². The number of nitrogens with two attached hydrogens (primary N) is 1. The van der Waals surface area contributed by atoms with Crippen molar-refractivity contribution in [3.8, 4) is 11.9 Å². The minimum absolute atomic E-state index is 0.00931. The largest absolute Gasteiger partial charge is 0.420 e. The van der Waals surface area contributed by atoms with Crippen molar-refractivity contribution in [1.82, 2.24) is 10.2 Å². The molecule has 0 aliphatic carbocycles. The van der Waals surface area contributed by atoms with Crippen LogP contribution in [0.4, 0.5) is 5.00 Å². The number of thiophene rings is 1. The van der Waals surface area contributed by atoms with Gasteiger partial charge in [-0.3, -0.25) is 15.2 Å². The van der Waals surface area contributed by atoms with Crippen molar-refractivity contribution < 1.29 is 9.66 Å². The third-order valence-electron chi connectivity index (χ3n) is 3.25. The highest BCUT2D eigenvalue weighted by Gasteiger charge is 2.35. The first kappa shape index (κ1) is 13.1. The van der Waals surface area contributed by atoms with Crippen LogP contribution in [0.5, 0.6) is 5.88 Å². The molecule has 0 amide bonds. The van der Waals surface area contributed by atoms with E-state index in [0.717, 1.165) is 17.0 Å². The van der Waals surface area contributed by atoms with E-state index < -0.39 is 10.8 Å². The topological polar surface area (TPSA) is 131 Å². The maximum atomic E-state index is 10.8. The van der Waals surface area contributed by atoms with E-state index in [-0.39, 0.29) is 16.5 Å². The maximum absolute atomic E-state index is 10.8. The summed E-state index contributed by atoms with van der Waals surface area (Å²) in [6, 6.07) is 3.47. The zero-order valence-electron chi connectivity index (χ0n) is 10.8. The highest BCUT2D eigenvalue weighted by atomic mass is 32.1. The van der Waals surface area contributed by atoms with Crippen LogP contribution in [0, 0.1) is 28.4 Å². The number of nitro groups is 1. The van der Waals surface area contributed by atoms with E-state index in [4.69, 9.17) is 10.5 Å². The van der Waals surface area contributed by atoms with Gasteiger partial charge in [0.2, 0.25) is 11.8 Å². The van der Waals surface area contributed by atoms with E-state index in [1.54, 1.807) is 12.3 Å². The molecule has 21 heavy (non-hydrogen) atoms. The zero-order chi connectivity index (χ0) is 15.1. The van der Waals surface area contributed by atoms with E-state index in [9.17, 15) is 15.4 Å². The van der Waals surface area contributed by atoms with Crippen molar-refractivity contribution in [3.05, 3.63) is 49.8 Å². The van der Waals surface area contributed by atoms with E-state index >= 15 is 0 Å². The molecule has 0 radical (unpaired) electrons. The lowest BCUT2D eigenvalue weighted by molar-refractivity contribution is -0.380. The van der Waals surface area contributed by atoms with Gasteiger partial charge in [-0.25, -0.2) is 0 Å². The van der Waals surface area contributed by atoms with E-state index in [1.165, 1.54) is 6.07 Å². The quantitative estimate of drug-likeness (QED) is 0.643. The number of rotatable bonds is 2. The third-order valence-corrected chi connectivity index (χ3v) is 4.15. The molecule has 0 spiro atoms. The van der Waals surface area contributed by atoms with Gasteiger partial charge in [-0.1, -0.05) is 11.3 Å². The molecule has 0 bridgehead atoms. The number of fused-ring (bicyclic) bond motifs is 1. The van der Waals surface area contributed by atoms with Gasteiger partial charge in [0.1, 0.15) is 11.6 Å². The minimum Gasteiger partial charge on any atom is -0.420 e. The molecule has 3 N–H and O–H groups in total. The summed E-state index contributed by atoms with van der Waals surface area (Å²) in [6.45, 7) is 1.79. The summed E-state index contributed by atoms with van der Waals surface area (Å²) in [5, 5.41) is 28.6. The Kier molecular flexibility index (Phi) is 2.88. The Hall–Kier alpha value is -2.86. The van der Waals surface area contributed by atoms with Gasteiger partial charge in [0.15, 0.2) is 0 Å². The highest BCUT2D eigenvalue weighted by Crippen LogP contribution is 2.44. The van der Waals surface area contributed by atoms with Gasteiger partial charge < -0.3 is 10.5 Å². The summed E-state index contributed by atoms with van der Waals surface area (Å²) in [7, 11) is 0. The van der Waals surface area contributed by atoms with Crippen molar-refractivity contribution in [2.75, 3.05) is 0 Å². The molecule has 0 saturated heterocycles. The number of hydrogen-bond acceptors (Lipinski definition) is 7. The first-order chi connectivity index (χ1) is 10.0. The lowest BCUT2D eigenvalue weighted by atomic mass is 9.85. The summed E-state index contributed by atoms with van der Waals surface area (Å²) in [5.74, 6) is -0.249. The van der Waals surface area contributed by atoms with Crippen molar-refractivity contribution in [2.24, 2.45) is 5.73 Å². The lowest BCUT2D eigenvalue weighted by Crippen LogP contribution is -2.20. The molecule has 1 aliphatic heterocycles. The monoisotopic (exact) mass is 303 g/mol. The molecule has 0 fully saturated rings. The summed E-state index contributed by atoms with van der Waals surface area (Å²) in [4.78, 5) is 10.4. The Morgan fingerprint density at radius 3 is 3.05 bits per heavy atom. The number of ether oxygens (including phenoxy) is 1. The van der Waals surface area contributed by atoms with Gasteiger partial charge in [0, 0.05) is 22.7 Å². The minimum atomic E-state index is -0.512. The summed E-state index contributed by atoms with van der Waals surface area (Å²) >= 11 is 1.00. The fourth-order valence-corrected chi connectivity index (χ4v) is 3.07. The summed E-state index contributed by atoms with van der Waals surface area (Å²) in [6.07, 6.45) is 0. The third kappa shape index (κ3) is 1.93. The van der Waals surface area contributed by atoms with Crippen molar-refractivity contribution in [2.45, 2.75) is 12.8 Å². The molecule has 0 saturated carbocycles. The highest BCUT2D eigenvalue weighted by molar-refractivity contribution is 7.13. The second-order valence-corrected chi connectivity index (χ2v) is 5.36. The average molecular weight is 303 g/mol. The summed E-state index contributed by atoms with van der Waals surface area (Å²) in [5.41, 5.74) is 8.01. The second kappa shape index (κ2) is 4.60. The first-order valence-electron chi connectivity index (χ1n) is 5.88. The van der Waals surface area contributed by atoms with Crippen LogP contribution < -0.4 is 10.5 Å². The van der Waals surface area contributed by atoms with Crippen LogP contribution in [0.1, 0.15) is 22.7 Å². The van der Waals surface area contributed by atoms with Gasteiger partial charge in [0.05, 0.1) is 10.8 Å². The number of hydrogen-bond donors (Lipinski definition) is 2. The molecular weight excluding hydrogens is 294 g/mol. The summed E-state index contributed by atoms with van der Waals surface area (Å²) < 4.78 is 5.32. The number of nitriles is 1. The second-order valence-electron chi connectivity index (χ2n) is 4.47. The number of nitrogens with zero attached hydrogens (tertiary/aromatic N) is 3. The van der Waals surface area contributed by atoms with E-state index in [0.29, 0.717) is 17.0 Å².